The Bertz CT molecular complexity index is 1460. The number of para-hydroxylation sites is 2. The number of aryl methyl sites for hydroxylation is 2. The van der Waals surface area contributed by atoms with Crippen molar-refractivity contribution in [3.05, 3.63) is 131 Å². The number of hydrogen-bond donors (Lipinski definition) is 0. The van der Waals surface area contributed by atoms with Gasteiger partial charge in [-0.05, 0) is 78.6 Å². The highest BCUT2D eigenvalue weighted by Gasteiger charge is 2.43. The van der Waals surface area contributed by atoms with Crippen molar-refractivity contribution in [2.24, 2.45) is 0 Å². The van der Waals surface area contributed by atoms with Crippen LogP contribution in [0.15, 0.2) is 109 Å². The Kier molecular flexibility index (Phi) is 6.87. The average molecular weight is 503 g/mol. The maximum absolute atomic E-state index is 13.5. The molecular formula is C32H26N2O4. The predicted molar refractivity (Wildman–Crippen MR) is 148 cm³/mol. The summed E-state index contributed by atoms with van der Waals surface area (Å²) in [7, 11) is 0. The predicted octanol–water partition coefficient (Wildman–Crippen LogP) is 6.47. The van der Waals surface area contributed by atoms with E-state index in [2.05, 4.69) is 26.0 Å². The van der Waals surface area contributed by atoms with Crippen LogP contribution in [0.3, 0.4) is 0 Å². The highest BCUT2D eigenvalue weighted by Crippen LogP contribution is 2.29. The Morgan fingerprint density at radius 1 is 0.658 bits per heavy atom. The van der Waals surface area contributed by atoms with Crippen LogP contribution in [0.5, 0.6) is 5.75 Å². The van der Waals surface area contributed by atoms with Crippen LogP contribution in [-0.4, -0.2) is 17.8 Å². The first-order valence-corrected chi connectivity index (χ1v) is 12.3. The van der Waals surface area contributed by atoms with Crippen LogP contribution in [0.2, 0.25) is 0 Å². The molecule has 1 saturated heterocycles. The summed E-state index contributed by atoms with van der Waals surface area (Å²) in [5.74, 6) is -0.680. The lowest BCUT2D eigenvalue weighted by atomic mass is 10.0. The molecule has 0 saturated carbocycles. The lowest BCUT2D eigenvalue weighted by Gasteiger charge is -2.33. The third-order valence-electron chi connectivity index (χ3n) is 6.45. The minimum atomic E-state index is -0.718. The summed E-state index contributed by atoms with van der Waals surface area (Å²) in [5.41, 5.74) is 4.81. The number of rotatable bonds is 6. The van der Waals surface area contributed by atoms with E-state index < -0.39 is 17.8 Å². The molecule has 6 nitrogen and oxygen atoms in total. The van der Waals surface area contributed by atoms with Gasteiger partial charge in [0.05, 0.1) is 11.4 Å². The number of imide groups is 2. The van der Waals surface area contributed by atoms with E-state index in [9.17, 15) is 14.4 Å². The van der Waals surface area contributed by atoms with Crippen LogP contribution in [0.1, 0.15) is 22.3 Å². The van der Waals surface area contributed by atoms with Crippen molar-refractivity contribution in [2.75, 3.05) is 9.80 Å². The SMILES string of the molecule is Cc1ccc(COc2ccc(C=C3C(=O)N(c4ccccc4)C(=O)N(c4ccccc4)C3=O)cc2)cc1C. The van der Waals surface area contributed by atoms with E-state index in [0.29, 0.717) is 29.3 Å². The second kappa shape index (κ2) is 10.6. The van der Waals surface area contributed by atoms with Crippen LogP contribution < -0.4 is 14.5 Å². The summed E-state index contributed by atoms with van der Waals surface area (Å²) in [5, 5.41) is 0. The van der Waals surface area contributed by atoms with Crippen LogP contribution in [0.4, 0.5) is 16.2 Å². The molecule has 1 heterocycles. The van der Waals surface area contributed by atoms with E-state index in [1.165, 1.54) is 17.2 Å². The second-order valence-electron chi connectivity index (χ2n) is 9.07. The van der Waals surface area contributed by atoms with Gasteiger partial charge in [-0.2, -0.15) is 0 Å². The molecule has 0 N–H and O–H groups in total. The minimum absolute atomic E-state index is 0.110. The van der Waals surface area contributed by atoms with Gasteiger partial charge in [0.15, 0.2) is 0 Å². The molecule has 38 heavy (non-hydrogen) atoms. The summed E-state index contributed by atoms with van der Waals surface area (Å²) >= 11 is 0. The largest absolute Gasteiger partial charge is 0.489 e. The third-order valence-corrected chi connectivity index (χ3v) is 6.45. The molecular weight excluding hydrogens is 476 g/mol. The Labute approximate surface area is 221 Å². The molecule has 0 aromatic heterocycles. The summed E-state index contributed by atoms with van der Waals surface area (Å²) in [6.07, 6.45) is 1.51. The van der Waals surface area contributed by atoms with E-state index in [4.69, 9.17) is 4.74 Å². The molecule has 6 heteroatoms. The van der Waals surface area contributed by atoms with Gasteiger partial charge < -0.3 is 4.74 Å². The van der Waals surface area contributed by atoms with Gasteiger partial charge >= 0.3 is 6.03 Å². The van der Waals surface area contributed by atoms with Gasteiger partial charge in [0.1, 0.15) is 17.9 Å². The molecule has 5 rings (SSSR count). The number of amides is 4. The van der Waals surface area contributed by atoms with Gasteiger partial charge in [-0.25, -0.2) is 14.6 Å². The fourth-order valence-electron chi connectivity index (χ4n) is 4.23. The average Bonchev–Trinajstić information content (AvgIpc) is 2.94. The standard InChI is InChI=1S/C32H26N2O4/c1-22-13-14-25(19-23(22)2)21-38-28-17-15-24(16-18-28)20-29-30(35)33(26-9-5-3-6-10-26)32(37)34(31(29)36)27-11-7-4-8-12-27/h3-20H,21H2,1-2H3. The number of urea groups is 1. The number of nitrogens with zero attached hydrogens (tertiary/aromatic N) is 2. The molecule has 0 aliphatic carbocycles. The van der Waals surface area contributed by atoms with Crippen LogP contribution in [-0.2, 0) is 16.2 Å². The van der Waals surface area contributed by atoms with Gasteiger partial charge in [0, 0.05) is 0 Å². The summed E-state index contributed by atoms with van der Waals surface area (Å²) in [6.45, 7) is 4.57. The highest BCUT2D eigenvalue weighted by atomic mass is 16.5. The van der Waals surface area contributed by atoms with Crippen molar-refractivity contribution >= 4 is 35.3 Å². The zero-order valence-electron chi connectivity index (χ0n) is 21.1. The first-order valence-electron chi connectivity index (χ1n) is 12.3. The fourth-order valence-corrected chi connectivity index (χ4v) is 4.23. The van der Waals surface area contributed by atoms with E-state index >= 15 is 0 Å². The van der Waals surface area contributed by atoms with Crippen molar-refractivity contribution in [3.63, 3.8) is 0 Å². The zero-order chi connectivity index (χ0) is 26.6. The van der Waals surface area contributed by atoms with E-state index in [0.717, 1.165) is 15.4 Å². The number of hydrogen-bond acceptors (Lipinski definition) is 4. The van der Waals surface area contributed by atoms with E-state index in [1.54, 1.807) is 84.9 Å². The number of carbonyl (C=O) groups excluding carboxylic acids is 3. The quantitative estimate of drug-likeness (QED) is 0.224. The molecule has 0 bridgehead atoms. The van der Waals surface area contributed by atoms with Crippen molar-refractivity contribution < 1.29 is 19.1 Å². The molecule has 4 aromatic carbocycles. The molecule has 0 radical (unpaired) electrons. The van der Waals surface area contributed by atoms with Crippen LogP contribution in [0.25, 0.3) is 6.08 Å². The number of carbonyl (C=O) groups is 3. The normalized spacial score (nSPS) is 13.6. The van der Waals surface area contributed by atoms with E-state index in [1.807, 2.05) is 6.07 Å². The topological polar surface area (TPSA) is 66.9 Å². The number of benzene rings is 4. The summed E-state index contributed by atoms with van der Waals surface area (Å²) < 4.78 is 5.92. The van der Waals surface area contributed by atoms with E-state index in [-0.39, 0.29) is 5.57 Å². The van der Waals surface area contributed by atoms with Crippen molar-refractivity contribution in [2.45, 2.75) is 20.5 Å². The Hall–Kier alpha value is -4.97. The zero-order valence-corrected chi connectivity index (χ0v) is 21.1. The van der Waals surface area contributed by atoms with Gasteiger partial charge in [-0.1, -0.05) is 66.7 Å². The molecule has 0 unspecified atom stereocenters. The van der Waals surface area contributed by atoms with Crippen molar-refractivity contribution in [3.8, 4) is 5.75 Å². The number of anilines is 2. The van der Waals surface area contributed by atoms with Crippen LogP contribution in [0, 0.1) is 13.8 Å². The van der Waals surface area contributed by atoms with Crippen molar-refractivity contribution in [1.82, 2.24) is 0 Å². The highest BCUT2D eigenvalue weighted by molar-refractivity contribution is 6.46. The Balaban J connectivity index is 1.43. The maximum Gasteiger partial charge on any atom is 0.343 e. The molecule has 1 fully saturated rings. The van der Waals surface area contributed by atoms with Gasteiger partial charge in [0.2, 0.25) is 0 Å². The number of ether oxygens (including phenoxy) is 1. The Morgan fingerprint density at radius 2 is 1.21 bits per heavy atom. The third kappa shape index (κ3) is 4.97. The van der Waals surface area contributed by atoms with Gasteiger partial charge in [-0.15, -0.1) is 0 Å². The van der Waals surface area contributed by atoms with Crippen LogP contribution >= 0.6 is 0 Å². The van der Waals surface area contributed by atoms with Gasteiger partial charge in [0.25, 0.3) is 11.8 Å². The maximum atomic E-state index is 13.5. The fraction of sp³-hybridized carbons (Fsp3) is 0.0938. The lowest BCUT2D eigenvalue weighted by molar-refractivity contribution is -0.121. The molecule has 1 aliphatic heterocycles. The molecule has 1 aliphatic rings. The number of barbiturate groups is 1. The van der Waals surface area contributed by atoms with Gasteiger partial charge in [-0.3, -0.25) is 9.59 Å². The first-order chi connectivity index (χ1) is 18.4. The minimum Gasteiger partial charge on any atom is -0.489 e. The molecule has 0 atom stereocenters. The molecule has 0 spiro atoms. The lowest BCUT2D eigenvalue weighted by Crippen LogP contribution is -2.57. The molecule has 188 valence electrons. The smallest absolute Gasteiger partial charge is 0.343 e. The summed E-state index contributed by atoms with van der Waals surface area (Å²) in [4.78, 5) is 42.4. The molecule has 4 aromatic rings. The van der Waals surface area contributed by atoms with Crippen molar-refractivity contribution in [1.29, 1.82) is 0 Å². The first kappa shape index (κ1) is 24.7. The monoisotopic (exact) mass is 502 g/mol. The summed E-state index contributed by atoms with van der Waals surface area (Å²) in [6, 6.07) is 29.8. The second-order valence-corrected chi connectivity index (χ2v) is 9.07. The molecule has 4 amide bonds. The Morgan fingerprint density at radius 3 is 1.74 bits per heavy atom.